The lowest BCUT2D eigenvalue weighted by Crippen LogP contribution is -2.38. The number of aromatic nitrogens is 4. The zero-order valence-electron chi connectivity index (χ0n) is 29.2. The first-order chi connectivity index (χ1) is 25.7. The standard InChI is InChI=1S/C39H38N5O8P/c1-48-30-18-14-28(15-19-30)39(27-12-8-5-9-13-27,29-16-20-31(49-2)21-17-29)50-23-33-32(52-53(3,46)47)22-34(51-33)44-25-42-35-36(40-24-41-37(35)44)43-38(45)26-10-6-4-7-11-26/h4-21,24-25,32-34H,22-23H2,1-3H3,(H,46,47)(H,40,41,43,45)/t32-,33+,34+/m0/s1. The van der Waals surface area contributed by atoms with Crippen LogP contribution in [-0.2, 0) is 24.2 Å². The second-order valence-corrected chi connectivity index (χ2v) is 14.3. The van der Waals surface area contributed by atoms with Gasteiger partial charge in [0.05, 0.1) is 33.3 Å². The van der Waals surface area contributed by atoms with E-state index in [9.17, 15) is 14.3 Å². The molecule has 2 aromatic heterocycles. The number of amides is 1. The van der Waals surface area contributed by atoms with E-state index in [4.69, 9.17) is 23.5 Å². The summed E-state index contributed by atoms with van der Waals surface area (Å²) in [6, 6.07) is 33.8. The number of ether oxygens (including phenoxy) is 4. The molecule has 0 saturated carbocycles. The van der Waals surface area contributed by atoms with Crippen LogP contribution in [0.2, 0.25) is 0 Å². The molecule has 0 aliphatic carbocycles. The van der Waals surface area contributed by atoms with Crippen molar-refractivity contribution in [1.82, 2.24) is 19.5 Å². The molecule has 53 heavy (non-hydrogen) atoms. The van der Waals surface area contributed by atoms with E-state index >= 15 is 0 Å². The first kappa shape index (κ1) is 36.0. The fraction of sp³-hybridized carbons (Fsp3) is 0.231. The number of fused-ring (bicyclic) bond motifs is 1. The third kappa shape index (κ3) is 7.57. The minimum Gasteiger partial charge on any atom is -0.497 e. The minimum atomic E-state index is -3.97. The molecule has 0 spiro atoms. The van der Waals surface area contributed by atoms with Crippen LogP contribution < -0.4 is 14.8 Å². The molecule has 1 saturated heterocycles. The monoisotopic (exact) mass is 735 g/mol. The van der Waals surface area contributed by atoms with E-state index in [-0.39, 0.29) is 24.8 Å². The molecule has 0 bridgehead atoms. The second kappa shape index (κ2) is 15.3. The van der Waals surface area contributed by atoms with Crippen molar-refractivity contribution >= 4 is 30.5 Å². The second-order valence-electron chi connectivity index (χ2n) is 12.5. The van der Waals surface area contributed by atoms with Gasteiger partial charge >= 0.3 is 7.60 Å². The van der Waals surface area contributed by atoms with E-state index in [0.717, 1.165) is 23.4 Å². The number of carbonyl (C=O) groups excluding carboxylic acids is 1. The zero-order chi connectivity index (χ0) is 37.0. The summed E-state index contributed by atoms with van der Waals surface area (Å²) in [4.78, 5) is 36.6. The number of methoxy groups -OCH3 is 2. The van der Waals surface area contributed by atoms with Crippen LogP contribution in [0.15, 0.2) is 122 Å². The molecule has 3 heterocycles. The van der Waals surface area contributed by atoms with E-state index in [2.05, 4.69) is 20.3 Å². The van der Waals surface area contributed by atoms with Crippen molar-refractivity contribution in [3.8, 4) is 11.5 Å². The largest absolute Gasteiger partial charge is 0.497 e. The van der Waals surface area contributed by atoms with Crippen molar-refractivity contribution in [2.45, 2.75) is 30.5 Å². The average Bonchev–Trinajstić information content (AvgIpc) is 3.80. The van der Waals surface area contributed by atoms with Gasteiger partial charge in [0.1, 0.15) is 35.8 Å². The molecule has 1 unspecified atom stereocenters. The van der Waals surface area contributed by atoms with E-state index in [0.29, 0.717) is 28.2 Å². The van der Waals surface area contributed by atoms with E-state index in [1.807, 2.05) is 84.9 Å². The highest BCUT2D eigenvalue weighted by atomic mass is 31.2. The van der Waals surface area contributed by atoms with Crippen LogP contribution in [0, 0.1) is 0 Å². The molecule has 1 aliphatic rings. The molecule has 0 radical (unpaired) electrons. The Labute approximate surface area is 306 Å². The number of nitrogens with zero attached hydrogens (tertiary/aromatic N) is 4. The van der Waals surface area contributed by atoms with Crippen molar-refractivity contribution < 1.29 is 37.7 Å². The number of nitrogens with one attached hydrogen (secondary N) is 1. The topological polar surface area (TPSA) is 156 Å². The fourth-order valence-corrected chi connectivity index (χ4v) is 7.31. The van der Waals surface area contributed by atoms with Crippen LogP contribution in [0.1, 0.15) is 39.7 Å². The first-order valence-electron chi connectivity index (χ1n) is 16.8. The number of anilines is 1. The van der Waals surface area contributed by atoms with Crippen LogP contribution in [0.25, 0.3) is 11.2 Å². The van der Waals surface area contributed by atoms with Gasteiger partial charge in [-0.2, -0.15) is 0 Å². The predicted octanol–water partition coefficient (Wildman–Crippen LogP) is 6.59. The molecule has 1 aliphatic heterocycles. The van der Waals surface area contributed by atoms with Gasteiger partial charge in [0.15, 0.2) is 17.0 Å². The highest BCUT2D eigenvalue weighted by Crippen LogP contribution is 2.47. The normalized spacial score (nSPS) is 18.4. The van der Waals surface area contributed by atoms with Crippen LogP contribution in [0.3, 0.4) is 0 Å². The van der Waals surface area contributed by atoms with Gasteiger partial charge in [0.2, 0.25) is 0 Å². The summed E-state index contributed by atoms with van der Waals surface area (Å²) in [5.41, 5.74) is 2.51. The summed E-state index contributed by atoms with van der Waals surface area (Å²) in [5, 5.41) is 2.81. The summed E-state index contributed by atoms with van der Waals surface area (Å²) in [5.74, 6) is 1.25. The number of carbonyl (C=O) groups is 1. The Morgan fingerprint density at radius 2 is 1.45 bits per heavy atom. The van der Waals surface area contributed by atoms with Gasteiger partial charge in [-0.05, 0) is 53.1 Å². The molecule has 13 nitrogen and oxygen atoms in total. The van der Waals surface area contributed by atoms with Gasteiger partial charge in [0, 0.05) is 18.6 Å². The molecule has 4 aromatic carbocycles. The van der Waals surface area contributed by atoms with Gasteiger partial charge in [-0.1, -0.05) is 72.8 Å². The van der Waals surface area contributed by atoms with Crippen molar-refractivity contribution in [3.05, 3.63) is 144 Å². The summed E-state index contributed by atoms with van der Waals surface area (Å²) in [6.45, 7) is 1.09. The number of imidazole rings is 1. The van der Waals surface area contributed by atoms with Crippen molar-refractivity contribution in [2.24, 2.45) is 0 Å². The molecular formula is C39H38N5O8P. The molecule has 6 aromatic rings. The Balaban J connectivity index is 1.23. The summed E-state index contributed by atoms with van der Waals surface area (Å²) < 4.78 is 44.8. The quantitative estimate of drug-likeness (QED) is 0.0975. The highest BCUT2D eigenvalue weighted by Gasteiger charge is 2.44. The Kier molecular flexibility index (Phi) is 10.4. The Bertz CT molecular complexity index is 2170. The lowest BCUT2D eigenvalue weighted by atomic mass is 9.80. The van der Waals surface area contributed by atoms with Gasteiger partial charge in [-0.15, -0.1) is 0 Å². The van der Waals surface area contributed by atoms with Crippen LogP contribution in [0.5, 0.6) is 11.5 Å². The number of hydrogen-bond acceptors (Lipinski definition) is 10. The minimum absolute atomic E-state index is 0.0475. The number of benzene rings is 4. The lowest BCUT2D eigenvalue weighted by molar-refractivity contribution is -0.0907. The van der Waals surface area contributed by atoms with Crippen molar-refractivity contribution in [3.63, 3.8) is 0 Å². The van der Waals surface area contributed by atoms with Crippen LogP contribution >= 0.6 is 7.60 Å². The number of hydrogen-bond donors (Lipinski definition) is 2. The first-order valence-corrected chi connectivity index (χ1v) is 18.9. The molecule has 14 heteroatoms. The van der Waals surface area contributed by atoms with Crippen LogP contribution in [-0.4, -0.2) is 70.0 Å². The molecular weight excluding hydrogens is 697 g/mol. The average molecular weight is 736 g/mol. The molecule has 272 valence electrons. The summed E-state index contributed by atoms with van der Waals surface area (Å²) in [6.07, 6.45) is 0.670. The van der Waals surface area contributed by atoms with Gasteiger partial charge in [0.25, 0.3) is 5.91 Å². The van der Waals surface area contributed by atoms with E-state index in [1.165, 1.54) is 12.7 Å². The van der Waals surface area contributed by atoms with E-state index < -0.39 is 31.6 Å². The fourth-order valence-electron chi connectivity index (χ4n) is 6.59. The highest BCUT2D eigenvalue weighted by molar-refractivity contribution is 7.51. The third-order valence-electron chi connectivity index (χ3n) is 9.09. The SMILES string of the molecule is COc1ccc(C(OC[C@H]2O[C@@H](n3cnc4c(NC(=O)c5ccccc5)ncnc43)C[C@@H]2OP(C)(=O)O)(c2ccccc2)c2ccc(OC)cc2)cc1. The molecule has 2 N–H and O–H groups in total. The Morgan fingerprint density at radius 3 is 2.04 bits per heavy atom. The Morgan fingerprint density at radius 1 is 0.868 bits per heavy atom. The molecule has 7 rings (SSSR count). The number of rotatable bonds is 13. The van der Waals surface area contributed by atoms with Crippen molar-refractivity contribution in [2.75, 3.05) is 32.8 Å². The predicted molar refractivity (Wildman–Crippen MR) is 197 cm³/mol. The maximum absolute atomic E-state index is 12.9. The zero-order valence-corrected chi connectivity index (χ0v) is 30.1. The van der Waals surface area contributed by atoms with E-state index in [1.54, 1.807) is 43.1 Å². The summed E-state index contributed by atoms with van der Waals surface area (Å²) in [7, 11) is -0.756. The van der Waals surface area contributed by atoms with Gasteiger partial charge < -0.3 is 33.7 Å². The Hall–Kier alpha value is -5.43. The third-order valence-corrected chi connectivity index (χ3v) is 9.75. The molecule has 4 atom stereocenters. The molecule has 1 fully saturated rings. The van der Waals surface area contributed by atoms with Crippen molar-refractivity contribution in [1.29, 1.82) is 0 Å². The summed E-state index contributed by atoms with van der Waals surface area (Å²) >= 11 is 0. The van der Waals surface area contributed by atoms with Gasteiger partial charge in [-0.3, -0.25) is 13.9 Å². The molecule has 1 amide bonds. The maximum Gasteiger partial charge on any atom is 0.325 e. The van der Waals surface area contributed by atoms with Crippen LogP contribution in [0.4, 0.5) is 5.82 Å². The van der Waals surface area contributed by atoms with Gasteiger partial charge in [-0.25, -0.2) is 15.0 Å². The smallest absolute Gasteiger partial charge is 0.325 e. The maximum atomic E-state index is 12.9. The lowest BCUT2D eigenvalue weighted by Gasteiger charge is -2.37.